The molecule has 0 bridgehead atoms. The maximum Gasteiger partial charge on any atom is 0.264 e. The Bertz CT molecular complexity index is 330. The summed E-state index contributed by atoms with van der Waals surface area (Å²) in [6, 6.07) is 5.72. The van der Waals surface area contributed by atoms with Crippen molar-refractivity contribution < 1.29 is 17.4 Å². The fourth-order valence-corrected chi connectivity index (χ4v) is 1.61. The zero-order valence-electron chi connectivity index (χ0n) is 9.63. The van der Waals surface area contributed by atoms with Crippen LogP contribution >= 0.6 is 0 Å². The topological polar surface area (TPSA) is 67.3 Å². The van der Waals surface area contributed by atoms with E-state index in [2.05, 4.69) is 4.98 Å². The van der Waals surface area contributed by atoms with E-state index in [1.54, 1.807) is 12.4 Å². The van der Waals surface area contributed by atoms with Crippen LogP contribution in [0.3, 0.4) is 0 Å². The second-order valence-electron chi connectivity index (χ2n) is 3.41. The molecule has 0 spiro atoms. The van der Waals surface area contributed by atoms with Crippen LogP contribution in [-0.4, -0.2) is 30.4 Å². The number of hydrogen-bond donors (Lipinski definition) is 1. The largest absolute Gasteiger partial charge is 0.286 e. The Balaban J connectivity index is 0.000000354. The molecule has 0 saturated heterocycles. The maximum absolute atomic E-state index is 11.5. The highest BCUT2D eigenvalue weighted by Crippen LogP contribution is 2.01. The predicted molar refractivity (Wildman–Crippen MR) is 65.1 cm³/mol. The van der Waals surface area contributed by atoms with E-state index in [1.165, 1.54) is 0 Å². The standard InChI is InChI=1S/C6H13FO3S.C5H5N/c7-5-3-1-2-4-6-11(8,9)10;1-2-4-6-5-3-1/h1-6H2,(H,8,9,10);1-5H. The van der Waals surface area contributed by atoms with Crippen molar-refractivity contribution >= 4 is 10.1 Å². The van der Waals surface area contributed by atoms with Crippen LogP contribution in [-0.2, 0) is 10.1 Å². The average molecular weight is 263 g/mol. The van der Waals surface area contributed by atoms with Gasteiger partial charge in [0.2, 0.25) is 0 Å². The fraction of sp³-hybridized carbons (Fsp3) is 0.545. The van der Waals surface area contributed by atoms with Gasteiger partial charge < -0.3 is 0 Å². The molecule has 0 aliphatic rings. The second kappa shape index (κ2) is 10.2. The van der Waals surface area contributed by atoms with Crippen LogP contribution in [0.15, 0.2) is 30.6 Å². The summed E-state index contributed by atoms with van der Waals surface area (Å²) >= 11 is 0. The zero-order chi connectivity index (χ0) is 13.0. The van der Waals surface area contributed by atoms with E-state index in [9.17, 15) is 12.8 Å². The molecule has 0 saturated carbocycles. The summed E-state index contributed by atoms with van der Waals surface area (Å²) in [6.45, 7) is -0.355. The smallest absolute Gasteiger partial charge is 0.264 e. The van der Waals surface area contributed by atoms with Crippen LogP contribution in [0.5, 0.6) is 0 Å². The first-order valence-corrected chi connectivity index (χ1v) is 7.03. The van der Waals surface area contributed by atoms with Crippen LogP contribution in [0.2, 0.25) is 0 Å². The van der Waals surface area contributed by atoms with Crippen molar-refractivity contribution in [2.75, 3.05) is 12.4 Å². The molecule has 1 rings (SSSR count). The molecule has 0 atom stereocenters. The van der Waals surface area contributed by atoms with Crippen LogP contribution in [0.1, 0.15) is 25.7 Å². The molecule has 0 aromatic carbocycles. The molecule has 4 nitrogen and oxygen atoms in total. The molecule has 0 unspecified atom stereocenters. The fourth-order valence-electron chi connectivity index (χ4n) is 1.05. The van der Waals surface area contributed by atoms with Gasteiger partial charge in [-0.2, -0.15) is 8.42 Å². The van der Waals surface area contributed by atoms with Crippen molar-refractivity contribution in [3.63, 3.8) is 0 Å². The summed E-state index contributed by atoms with van der Waals surface area (Å²) in [4.78, 5) is 3.78. The lowest BCUT2D eigenvalue weighted by atomic mass is 10.2. The monoisotopic (exact) mass is 263 g/mol. The van der Waals surface area contributed by atoms with Crippen LogP contribution < -0.4 is 0 Å². The van der Waals surface area contributed by atoms with Gasteiger partial charge in [-0.25, -0.2) is 0 Å². The Morgan fingerprint density at radius 3 is 1.94 bits per heavy atom. The normalized spacial score (nSPS) is 10.5. The minimum atomic E-state index is -3.81. The third-order valence-corrected chi connectivity index (χ3v) is 2.66. The molecule has 0 fully saturated rings. The Morgan fingerprint density at radius 1 is 1.00 bits per heavy atom. The van der Waals surface area contributed by atoms with Crippen molar-refractivity contribution in [3.8, 4) is 0 Å². The third kappa shape index (κ3) is 15.0. The van der Waals surface area contributed by atoms with Gasteiger partial charge in [-0.05, 0) is 25.0 Å². The number of pyridine rings is 1. The average Bonchev–Trinajstić information content (AvgIpc) is 2.30. The van der Waals surface area contributed by atoms with Crippen LogP contribution in [0.4, 0.5) is 4.39 Å². The van der Waals surface area contributed by atoms with Crippen molar-refractivity contribution in [2.24, 2.45) is 0 Å². The first-order chi connectivity index (χ1) is 8.06. The second-order valence-corrected chi connectivity index (χ2v) is 4.99. The minimum Gasteiger partial charge on any atom is -0.286 e. The molecule has 0 amide bonds. The van der Waals surface area contributed by atoms with Crippen molar-refractivity contribution in [1.29, 1.82) is 0 Å². The summed E-state index contributed by atoms with van der Waals surface area (Å²) in [5.41, 5.74) is 0. The van der Waals surface area contributed by atoms with Gasteiger partial charge in [0.25, 0.3) is 10.1 Å². The van der Waals surface area contributed by atoms with Gasteiger partial charge in [0.1, 0.15) is 0 Å². The Morgan fingerprint density at radius 2 is 1.59 bits per heavy atom. The van der Waals surface area contributed by atoms with Gasteiger partial charge in [-0.15, -0.1) is 0 Å². The number of halogens is 1. The Kier molecular flexibility index (Phi) is 9.56. The molecule has 17 heavy (non-hydrogen) atoms. The molecule has 0 radical (unpaired) electrons. The molecule has 98 valence electrons. The number of nitrogens with zero attached hydrogens (tertiary/aromatic N) is 1. The van der Waals surface area contributed by atoms with E-state index in [1.807, 2.05) is 18.2 Å². The number of rotatable bonds is 6. The Labute approximate surface area is 102 Å². The molecular weight excluding hydrogens is 245 g/mol. The lowest BCUT2D eigenvalue weighted by Gasteiger charge is -1.96. The zero-order valence-corrected chi connectivity index (χ0v) is 10.4. The molecule has 0 aliphatic heterocycles. The highest BCUT2D eigenvalue weighted by Gasteiger charge is 2.02. The minimum absolute atomic E-state index is 0.209. The quantitative estimate of drug-likeness (QED) is 0.632. The predicted octanol–water partition coefficient (Wildman–Crippen LogP) is 2.49. The molecule has 1 heterocycles. The SMILES string of the molecule is O=S(=O)(O)CCCCCCF.c1ccncc1. The third-order valence-electron chi connectivity index (χ3n) is 1.85. The van der Waals surface area contributed by atoms with E-state index in [0.29, 0.717) is 25.7 Å². The lowest BCUT2D eigenvalue weighted by Crippen LogP contribution is -2.03. The van der Waals surface area contributed by atoms with Gasteiger partial charge >= 0.3 is 0 Å². The van der Waals surface area contributed by atoms with Gasteiger partial charge in [0.15, 0.2) is 0 Å². The van der Waals surface area contributed by atoms with Crippen LogP contribution in [0, 0.1) is 0 Å². The van der Waals surface area contributed by atoms with E-state index in [0.717, 1.165) is 0 Å². The van der Waals surface area contributed by atoms with Crippen LogP contribution in [0.25, 0.3) is 0 Å². The van der Waals surface area contributed by atoms with Gasteiger partial charge in [-0.1, -0.05) is 18.9 Å². The summed E-state index contributed by atoms with van der Waals surface area (Å²) < 4.78 is 40.0. The molecule has 1 aromatic rings. The summed E-state index contributed by atoms with van der Waals surface area (Å²) in [5.74, 6) is -0.209. The molecule has 6 heteroatoms. The molecular formula is C11H18FNO3S. The lowest BCUT2D eigenvalue weighted by molar-refractivity contribution is 0.452. The summed E-state index contributed by atoms with van der Waals surface area (Å²) in [6.07, 6.45) is 5.74. The van der Waals surface area contributed by atoms with E-state index in [4.69, 9.17) is 4.55 Å². The number of unbranched alkanes of at least 4 members (excludes halogenated alkanes) is 3. The van der Waals surface area contributed by atoms with Gasteiger partial charge in [-0.3, -0.25) is 13.9 Å². The van der Waals surface area contributed by atoms with Crippen molar-refractivity contribution in [3.05, 3.63) is 30.6 Å². The highest BCUT2D eigenvalue weighted by molar-refractivity contribution is 7.85. The van der Waals surface area contributed by atoms with E-state index < -0.39 is 10.1 Å². The maximum atomic E-state index is 11.5. The molecule has 0 aliphatic carbocycles. The Hall–Kier alpha value is -1.01. The van der Waals surface area contributed by atoms with E-state index in [-0.39, 0.29) is 12.4 Å². The summed E-state index contributed by atoms with van der Waals surface area (Å²) in [5, 5.41) is 0. The van der Waals surface area contributed by atoms with Gasteiger partial charge in [0.05, 0.1) is 12.4 Å². The number of alkyl halides is 1. The van der Waals surface area contributed by atoms with E-state index >= 15 is 0 Å². The summed E-state index contributed by atoms with van der Waals surface area (Å²) in [7, 11) is -3.81. The first kappa shape index (κ1) is 16.0. The number of aromatic nitrogens is 1. The highest BCUT2D eigenvalue weighted by atomic mass is 32.2. The van der Waals surface area contributed by atoms with Crippen molar-refractivity contribution in [2.45, 2.75) is 25.7 Å². The van der Waals surface area contributed by atoms with Gasteiger partial charge in [0, 0.05) is 12.4 Å². The number of hydrogen-bond acceptors (Lipinski definition) is 3. The van der Waals surface area contributed by atoms with Crippen molar-refractivity contribution in [1.82, 2.24) is 4.98 Å². The molecule has 1 aromatic heterocycles. The first-order valence-electron chi connectivity index (χ1n) is 5.42. The molecule has 1 N–H and O–H groups in total.